The topological polar surface area (TPSA) is 81.7 Å². The van der Waals surface area contributed by atoms with Crippen molar-refractivity contribution >= 4 is 22.4 Å². The number of rotatable bonds is 5. The normalized spacial score (nSPS) is 14.9. The summed E-state index contributed by atoms with van der Waals surface area (Å²) in [5.74, 6) is 2.18. The summed E-state index contributed by atoms with van der Waals surface area (Å²) in [5, 5.41) is 8.76. The van der Waals surface area contributed by atoms with Crippen molar-refractivity contribution in [2.75, 3.05) is 17.6 Å². The number of nitrogens with two attached hydrogens (primary N) is 1. The van der Waals surface area contributed by atoms with Crippen LogP contribution in [0.15, 0.2) is 6.33 Å². The van der Waals surface area contributed by atoms with Gasteiger partial charge in [-0.3, -0.25) is 4.68 Å². The summed E-state index contributed by atoms with van der Waals surface area (Å²) in [4.78, 5) is 4.20. The fourth-order valence-electron chi connectivity index (χ4n) is 1.99. The van der Waals surface area contributed by atoms with E-state index in [0.29, 0.717) is 11.7 Å². The molecule has 7 heteroatoms. The summed E-state index contributed by atoms with van der Waals surface area (Å²) in [6.07, 6.45) is 5.00. The zero-order valence-electron chi connectivity index (χ0n) is 10.3. The van der Waals surface area contributed by atoms with Crippen LogP contribution in [0.2, 0.25) is 0 Å². The van der Waals surface area contributed by atoms with Crippen LogP contribution in [0.1, 0.15) is 30.1 Å². The summed E-state index contributed by atoms with van der Waals surface area (Å²) < 4.78 is 5.95. The quantitative estimate of drug-likeness (QED) is 0.852. The van der Waals surface area contributed by atoms with E-state index in [0.717, 1.165) is 23.8 Å². The minimum absolute atomic E-state index is 0.624. The number of anilines is 2. The Morgan fingerprint density at radius 2 is 2.39 bits per heavy atom. The van der Waals surface area contributed by atoms with Gasteiger partial charge in [0.1, 0.15) is 17.1 Å². The van der Waals surface area contributed by atoms with Crippen LogP contribution in [0.5, 0.6) is 0 Å². The molecule has 1 aliphatic carbocycles. The monoisotopic (exact) mass is 264 g/mol. The largest absolute Gasteiger partial charge is 0.383 e. The van der Waals surface area contributed by atoms with Gasteiger partial charge in [0.2, 0.25) is 0 Å². The van der Waals surface area contributed by atoms with Crippen molar-refractivity contribution in [2.24, 2.45) is 7.05 Å². The Kier molecular flexibility index (Phi) is 2.91. The van der Waals surface area contributed by atoms with Gasteiger partial charge in [-0.2, -0.15) is 9.47 Å². The van der Waals surface area contributed by atoms with E-state index in [1.807, 2.05) is 7.05 Å². The van der Waals surface area contributed by atoms with Crippen LogP contribution < -0.4 is 11.1 Å². The molecule has 1 fully saturated rings. The number of hydrogen-bond acceptors (Lipinski definition) is 6. The van der Waals surface area contributed by atoms with Crippen molar-refractivity contribution in [3.63, 3.8) is 0 Å². The van der Waals surface area contributed by atoms with Crippen LogP contribution in [0.25, 0.3) is 0 Å². The summed E-state index contributed by atoms with van der Waals surface area (Å²) in [6.45, 7) is 0.811. The number of hydrogen-bond donors (Lipinski definition) is 2. The van der Waals surface area contributed by atoms with Crippen LogP contribution in [-0.2, 0) is 13.5 Å². The van der Waals surface area contributed by atoms with E-state index in [9.17, 15) is 0 Å². The molecule has 0 aromatic carbocycles. The fraction of sp³-hybridized carbons (Fsp3) is 0.545. The molecule has 0 bridgehead atoms. The Labute approximate surface area is 109 Å². The highest BCUT2D eigenvalue weighted by molar-refractivity contribution is 7.10. The summed E-state index contributed by atoms with van der Waals surface area (Å²) in [7, 11) is 1.87. The van der Waals surface area contributed by atoms with E-state index in [2.05, 4.69) is 19.8 Å². The lowest BCUT2D eigenvalue weighted by atomic mass is 10.2. The van der Waals surface area contributed by atoms with Gasteiger partial charge in [-0.25, -0.2) is 4.98 Å². The van der Waals surface area contributed by atoms with Gasteiger partial charge in [0.15, 0.2) is 5.82 Å². The Morgan fingerprint density at radius 1 is 1.56 bits per heavy atom. The molecule has 0 saturated heterocycles. The molecule has 0 amide bonds. The lowest BCUT2D eigenvalue weighted by molar-refractivity contribution is 0.742. The zero-order valence-corrected chi connectivity index (χ0v) is 11.1. The summed E-state index contributed by atoms with van der Waals surface area (Å²) in [5.41, 5.74) is 7.12. The predicted octanol–water partition coefficient (Wildman–Crippen LogP) is 1.39. The maximum atomic E-state index is 5.90. The molecule has 0 spiro atoms. The molecular formula is C11H16N6S. The average Bonchev–Trinajstić information content (AvgIpc) is 2.99. The third-order valence-corrected chi connectivity index (χ3v) is 3.86. The van der Waals surface area contributed by atoms with Crippen LogP contribution in [-0.4, -0.2) is 25.7 Å². The van der Waals surface area contributed by atoms with Crippen molar-refractivity contribution in [1.82, 2.24) is 19.1 Å². The van der Waals surface area contributed by atoms with Crippen LogP contribution in [0, 0.1) is 0 Å². The lowest BCUT2D eigenvalue weighted by Crippen LogP contribution is -2.07. The first kappa shape index (κ1) is 11.5. The van der Waals surface area contributed by atoms with Gasteiger partial charge in [0.05, 0.1) is 0 Å². The van der Waals surface area contributed by atoms with Crippen molar-refractivity contribution in [3.8, 4) is 0 Å². The van der Waals surface area contributed by atoms with E-state index < -0.39 is 0 Å². The van der Waals surface area contributed by atoms with Gasteiger partial charge < -0.3 is 11.1 Å². The van der Waals surface area contributed by atoms with Gasteiger partial charge in [0.25, 0.3) is 0 Å². The second-order valence-corrected chi connectivity index (χ2v) is 5.37. The first-order chi connectivity index (χ1) is 8.74. The highest BCUT2D eigenvalue weighted by atomic mass is 32.1. The lowest BCUT2D eigenvalue weighted by Gasteiger charge is -2.04. The average molecular weight is 264 g/mol. The molecule has 0 atom stereocenters. The number of aromatic nitrogens is 4. The Morgan fingerprint density at radius 3 is 3.06 bits per heavy atom. The van der Waals surface area contributed by atoms with Gasteiger partial charge in [-0.1, -0.05) is 0 Å². The molecule has 1 aliphatic rings. The van der Waals surface area contributed by atoms with Crippen molar-refractivity contribution < 1.29 is 0 Å². The first-order valence-electron chi connectivity index (χ1n) is 6.07. The third kappa shape index (κ3) is 2.31. The molecule has 2 aromatic rings. The zero-order chi connectivity index (χ0) is 12.5. The molecule has 1 saturated carbocycles. The Balaban J connectivity index is 1.60. The highest BCUT2D eigenvalue weighted by Crippen LogP contribution is 2.47. The standard InChI is InChI=1S/C11H16N6S/c1-17-6-14-8(15-17)4-5-13-11-9(7-2-3-7)10(12)16-18-11/h6-7,13H,2-5H2,1H3,(H2,12,16). The van der Waals surface area contributed by atoms with E-state index >= 15 is 0 Å². The number of aryl methyl sites for hydroxylation is 1. The molecule has 0 aliphatic heterocycles. The molecule has 0 radical (unpaired) electrons. The Bertz CT molecular complexity index is 541. The highest BCUT2D eigenvalue weighted by Gasteiger charge is 2.30. The van der Waals surface area contributed by atoms with E-state index in [-0.39, 0.29) is 0 Å². The molecule has 6 nitrogen and oxygen atoms in total. The smallest absolute Gasteiger partial charge is 0.152 e. The number of nitrogens with one attached hydrogen (secondary N) is 1. The van der Waals surface area contributed by atoms with E-state index in [4.69, 9.17) is 5.73 Å². The predicted molar refractivity (Wildman–Crippen MR) is 71.7 cm³/mol. The third-order valence-electron chi connectivity index (χ3n) is 3.02. The minimum Gasteiger partial charge on any atom is -0.383 e. The fourth-order valence-corrected chi connectivity index (χ4v) is 2.81. The number of nitrogen functional groups attached to an aromatic ring is 1. The molecule has 0 unspecified atom stereocenters. The van der Waals surface area contributed by atoms with Crippen molar-refractivity contribution in [2.45, 2.75) is 25.2 Å². The summed E-state index contributed by atoms with van der Waals surface area (Å²) in [6, 6.07) is 0. The van der Waals surface area contributed by atoms with Gasteiger partial charge in [-0.15, -0.1) is 0 Å². The van der Waals surface area contributed by atoms with Crippen LogP contribution in [0.4, 0.5) is 10.8 Å². The molecule has 3 N–H and O–H groups in total. The van der Waals surface area contributed by atoms with Crippen LogP contribution in [0.3, 0.4) is 0 Å². The SMILES string of the molecule is Cn1cnc(CCNc2snc(N)c2C2CC2)n1. The van der Waals surface area contributed by atoms with Crippen molar-refractivity contribution in [3.05, 3.63) is 17.7 Å². The van der Waals surface area contributed by atoms with E-state index in [1.54, 1.807) is 11.0 Å². The van der Waals surface area contributed by atoms with Gasteiger partial charge in [-0.05, 0) is 30.3 Å². The minimum atomic E-state index is 0.624. The molecule has 2 aromatic heterocycles. The maximum absolute atomic E-state index is 5.90. The Hall–Kier alpha value is -1.63. The first-order valence-corrected chi connectivity index (χ1v) is 6.85. The molecule has 2 heterocycles. The van der Waals surface area contributed by atoms with Crippen molar-refractivity contribution in [1.29, 1.82) is 0 Å². The molecular weight excluding hydrogens is 248 g/mol. The van der Waals surface area contributed by atoms with Gasteiger partial charge in [0, 0.05) is 25.6 Å². The number of nitrogens with zero attached hydrogens (tertiary/aromatic N) is 4. The second-order valence-electron chi connectivity index (χ2n) is 4.60. The molecule has 96 valence electrons. The maximum Gasteiger partial charge on any atom is 0.152 e. The molecule has 3 rings (SSSR count). The van der Waals surface area contributed by atoms with Crippen LogP contribution >= 0.6 is 11.5 Å². The second kappa shape index (κ2) is 4.56. The summed E-state index contributed by atoms with van der Waals surface area (Å²) >= 11 is 1.45. The van der Waals surface area contributed by atoms with E-state index in [1.165, 1.54) is 29.9 Å². The molecule has 18 heavy (non-hydrogen) atoms. The van der Waals surface area contributed by atoms with Gasteiger partial charge >= 0.3 is 0 Å².